The van der Waals surface area contributed by atoms with Crippen molar-refractivity contribution >= 4 is 11.6 Å². The zero-order valence-electron chi connectivity index (χ0n) is 8.79. The molecule has 0 spiro atoms. The average Bonchev–Trinajstić information content (AvgIpc) is 2.16. The SMILES string of the molecule is CNC(=O)c1ccccc1NC(C)C. The van der Waals surface area contributed by atoms with Crippen molar-refractivity contribution in [3.63, 3.8) is 0 Å². The van der Waals surface area contributed by atoms with Crippen molar-refractivity contribution in [3.05, 3.63) is 29.8 Å². The molecule has 0 saturated carbocycles. The lowest BCUT2D eigenvalue weighted by Gasteiger charge is -2.13. The molecule has 0 fully saturated rings. The van der Waals surface area contributed by atoms with E-state index in [9.17, 15) is 4.79 Å². The van der Waals surface area contributed by atoms with Gasteiger partial charge in [0.25, 0.3) is 5.91 Å². The highest BCUT2D eigenvalue weighted by molar-refractivity contribution is 5.99. The topological polar surface area (TPSA) is 41.1 Å². The van der Waals surface area contributed by atoms with E-state index in [4.69, 9.17) is 0 Å². The number of hydrogen-bond acceptors (Lipinski definition) is 2. The van der Waals surface area contributed by atoms with Gasteiger partial charge in [0.15, 0.2) is 0 Å². The Morgan fingerprint density at radius 3 is 2.50 bits per heavy atom. The fourth-order valence-electron chi connectivity index (χ4n) is 1.25. The second kappa shape index (κ2) is 4.65. The van der Waals surface area contributed by atoms with E-state index in [1.807, 2.05) is 38.1 Å². The van der Waals surface area contributed by atoms with Crippen LogP contribution in [0.25, 0.3) is 0 Å². The van der Waals surface area contributed by atoms with Crippen LogP contribution in [0.5, 0.6) is 0 Å². The van der Waals surface area contributed by atoms with Crippen LogP contribution in [0, 0.1) is 0 Å². The van der Waals surface area contributed by atoms with Crippen molar-refractivity contribution in [2.24, 2.45) is 0 Å². The van der Waals surface area contributed by atoms with Gasteiger partial charge in [0.2, 0.25) is 0 Å². The molecule has 3 nitrogen and oxygen atoms in total. The molecular formula is C11H16N2O. The van der Waals surface area contributed by atoms with Crippen LogP contribution >= 0.6 is 0 Å². The van der Waals surface area contributed by atoms with Crippen molar-refractivity contribution in [2.75, 3.05) is 12.4 Å². The van der Waals surface area contributed by atoms with E-state index >= 15 is 0 Å². The van der Waals surface area contributed by atoms with Gasteiger partial charge in [0, 0.05) is 18.8 Å². The van der Waals surface area contributed by atoms with Crippen molar-refractivity contribution in [2.45, 2.75) is 19.9 Å². The Bertz CT molecular complexity index is 321. The number of benzene rings is 1. The molecule has 1 aromatic carbocycles. The number of rotatable bonds is 3. The molecule has 0 bridgehead atoms. The number of nitrogens with one attached hydrogen (secondary N) is 2. The molecule has 0 aliphatic heterocycles. The molecule has 3 heteroatoms. The smallest absolute Gasteiger partial charge is 0.253 e. The fraction of sp³-hybridized carbons (Fsp3) is 0.364. The predicted octanol–water partition coefficient (Wildman–Crippen LogP) is 1.87. The summed E-state index contributed by atoms with van der Waals surface area (Å²) in [5.74, 6) is -0.0613. The normalized spacial score (nSPS) is 10.0. The van der Waals surface area contributed by atoms with Gasteiger partial charge in [0.1, 0.15) is 0 Å². The van der Waals surface area contributed by atoms with Crippen LogP contribution in [-0.4, -0.2) is 19.0 Å². The minimum Gasteiger partial charge on any atom is -0.382 e. The van der Waals surface area contributed by atoms with E-state index in [0.29, 0.717) is 11.6 Å². The molecule has 14 heavy (non-hydrogen) atoms. The fourth-order valence-corrected chi connectivity index (χ4v) is 1.25. The third-order valence-corrected chi connectivity index (χ3v) is 1.84. The maximum atomic E-state index is 11.5. The lowest BCUT2D eigenvalue weighted by Crippen LogP contribution is -2.21. The van der Waals surface area contributed by atoms with Gasteiger partial charge < -0.3 is 10.6 Å². The lowest BCUT2D eigenvalue weighted by atomic mass is 10.1. The minimum absolute atomic E-state index is 0.0613. The Kier molecular flexibility index (Phi) is 3.51. The number of para-hydroxylation sites is 1. The molecule has 0 unspecified atom stereocenters. The van der Waals surface area contributed by atoms with Crippen LogP contribution in [0.15, 0.2) is 24.3 Å². The zero-order chi connectivity index (χ0) is 10.6. The Hall–Kier alpha value is -1.51. The second-order valence-electron chi connectivity index (χ2n) is 3.42. The summed E-state index contributed by atoms with van der Waals surface area (Å²) in [7, 11) is 1.63. The third-order valence-electron chi connectivity index (χ3n) is 1.84. The average molecular weight is 192 g/mol. The van der Waals surface area contributed by atoms with Gasteiger partial charge in [-0.25, -0.2) is 0 Å². The predicted molar refractivity (Wildman–Crippen MR) is 58.6 cm³/mol. The van der Waals surface area contributed by atoms with Crippen LogP contribution in [0.2, 0.25) is 0 Å². The molecule has 76 valence electrons. The number of amides is 1. The van der Waals surface area contributed by atoms with Gasteiger partial charge in [-0.15, -0.1) is 0 Å². The molecule has 0 aliphatic carbocycles. The molecular weight excluding hydrogens is 176 g/mol. The van der Waals surface area contributed by atoms with Crippen molar-refractivity contribution in [3.8, 4) is 0 Å². The Balaban J connectivity index is 2.97. The monoisotopic (exact) mass is 192 g/mol. The summed E-state index contributed by atoms with van der Waals surface area (Å²) < 4.78 is 0. The summed E-state index contributed by atoms with van der Waals surface area (Å²) in [6.45, 7) is 4.08. The Labute approximate surface area is 84.5 Å². The van der Waals surface area contributed by atoms with E-state index < -0.39 is 0 Å². The first-order valence-corrected chi connectivity index (χ1v) is 4.72. The summed E-state index contributed by atoms with van der Waals surface area (Å²) in [6, 6.07) is 7.81. The van der Waals surface area contributed by atoms with Gasteiger partial charge in [0.05, 0.1) is 5.56 Å². The lowest BCUT2D eigenvalue weighted by molar-refractivity contribution is 0.0964. The minimum atomic E-state index is -0.0613. The van der Waals surface area contributed by atoms with Crippen molar-refractivity contribution < 1.29 is 4.79 Å². The number of hydrogen-bond donors (Lipinski definition) is 2. The maximum absolute atomic E-state index is 11.5. The van der Waals surface area contributed by atoms with E-state index in [1.54, 1.807) is 7.05 Å². The van der Waals surface area contributed by atoms with Gasteiger partial charge in [-0.3, -0.25) is 4.79 Å². The quantitative estimate of drug-likeness (QED) is 0.767. The second-order valence-corrected chi connectivity index (χ2v) is 3.42. The molecule has 0 aromatic heterocycles. The van der Waals surface area contributed by atoms with E-state index in [1.165, 1.54) is 0 Å². The first-order chi connectivity index (χ1) is 6.65. The number of carbonyl (C=O) groups is 1. The first kappa shape index (κ1) is 10.6. The van der Waals surface area contributed by atoms with Crippen LogP contribution in [-0.2, 0) is 0 Å². The molecule has 0 heterocycles. The molecule has 1 rings (SSSR count). The molecule has 1 amide bonds. The molecule has 1 aromatic rings. The zero-order valence-corrected chi connectivity index (χ0v) is 8.79. The van der Waals surface area contributed by atoms with Crippen LogP contribution < -0.4 is 10.6 Å². The first-order valence-electron chi connectivity index (χ1n) is 4.72. The van der Waals surface area contributed by atoms with Crippen LogP contribution in [0.4, 0.5) is 5.69 Å². The number of anilines is 1. The van der Waals surface area contributed by atoms with Crippen LogP contribution in [0.1, 0.15) is 24.2 Å². The molecule has 2 N–H and O–H groups in total. The molecule has 0 aliphatic rings. The summed E-state index contributed by atoms with van der Waals surface area (Å²) >= 11 is 0. The summed E-state index contributed by atoms with van der Waals surface area (Å²) in [4.78, 5) is 11.5. The van der Waals surface area contributed by atoms with E-state index in [-0.39, 0.29) is 5.91 Å². The van der Waals surface area contributed by atoms with Gasteiger partial charge in [-0.2, -0.15) is 0 Å². The summed E-state index contributed by atoms with van der Waals surface area (Å²) in [5.41, 5.74) is 1.56. The van der Waals surface area contributed by atoms with Gasteiger partial charge in [-0.1, -0.05) is 12.1 Å². The van der Waals surface area contributed by atoms with Gasteiger partial charge in [-0.05, 0) is 26.0 Å². The molecule has 0 atom stereocenters. The number of carbonyl (C=O) groups excluding carboxylic acids is 1. The Morgan fingerprint density at radius 1 is 1.29 bits per heavy atom. The van der Waals surface area contributed by atoms with Crippen LogP contribution in [0.3, 0.4) is 0 Å². The molecule has 0 saturated heterocycles. The Morgan fingerprint density at radius 2 is 1.93 bits per heavy atom. The van der Waals surface area contributed by atoms with Gasteiger partial charge >= 0.3 is 0 Å². The highest BCUT2D eigenvalue weighted by Crippen LogP contribution is 2.15. The largest absolute Gasteiger partial charge is 0.382 e. The van der Waals surface area contributed by atoms with Crippen molar-refractivity contribution in [1.29, 1.82) is 0 Å². The summed E-state index contributed by atoms with van der Waals surface area (Å²) in [5, 5.41) is 5.84. The van der Waals surface area contributed by atoms with E-state index in [0.717, 1.165) is 5.69 Å². The van der Waals surface area contributed by atoms with Crippen molar-refractivity contribution in [1.82, 2.24) is 5.32 Å². The molecule has 0 radical (unpaired) electrons. The maximum Gasteiger partial charge on any atom is 0.253 e. The highest BCUT2D eigenvalue weighted by Gasteiger charge is 2.08. The standard InChI is InChI=1S/C11H16N2O/c1-8(2)13-10-7-5-4-6-9(10)11(14)12-3/h4-8,13H,1-3H3,(H,12,14). The summed E-state index contributed by atoms with van der Waals surface area (Å²) in [6.07, 6.45) is 0. The third kappa shape index (κ3) is 2.49. The highest BCUT2D eigenvalue weighted by atomic mass is 16.1. The van der Waals surface area contributed by atoms with E-state index in [2.05, 4.69) is 10.6 Å².